The summed E-state index contributed by atoms with van der Waals surface area (Å²) in [6.07, 6.45) is 3.16. The Morgan fingerprint density at radius 2 is 1.62 bits per heavy atom. The number of benzene rings is 2. The van der Waals surface area contributed by atoms with E-state index < -0.39 is 6.09 Å². The van der Waals surface area contributed by atoms with Crippen molar-refractivity contribution in [2.45, 2.75) is 52.1 Å². The Morgan fingerprint density at radius 1 is 0.949 bits per heavy atom. The van der Waals surface area contributed by atoms with Gasteiger partial charge in [-0.15, -0.1) is 0 Å². The summed E-state index contributed by atoms with van der Waals surface area (Å²) in [5, 5.41) is 14.9. The van der Waals surface area contributed by atoms with Crippen molar-refractivity contribution in [3.8, 4) is 11.4 Å². The number of carbonyl (C=O) groups is 1. The molecule has 0 spiro atoms. The second kappa shape index (κ2) is 11.9. The average molecular weight is 526 g/mol. The van der Waals surface area contributed by atoms with Crippen LogP contribution >= 0.6 is 0 Å². The zero-order chi connectivity index (χ0) is 28.0. The Bertz CT molecular complexity index is 1420. The largest absolute Gasteiger partial charge is 0.465 e. The lowest BCUT2D eigenvalue weighted by molar-refractivity contribution is 0.194. The number of nitrogens with zero attached hydrogens (tertiary/aromatic N) is 5. The molecule has 3 N–H and O–H groups in total. The van der Waals surface area contributed by atoms with Crippen molar-refractivity contribution in [2.75, 3.05) is 17.3 Å². The summed E-state index contributed by atoms with van der Waals surface area (Å²) in [5.41, 5.74) is 4.10. The van der Waals surface area contributed by atoms with Gasteiger partial charge in [0.05, 0.1) is 0 Å². The highest BCUT2D eigenvalue weighted by Gasteiger charge is 2.17. The van der Waals surface area contributed by atoms with E-state index in [1.54, 1.807) is 12.4 Å². The first-order valence-electron chi connectivity index (χ1n) is 12.9. The van der Waals surface area contributed by atoms with Gasteiger partial charge in [0.2, 0.25) is 5.95 Å². The Labute approximate surface area is 229 Å². The second-order valence-corrected chi connectivity index (χ2v) is 10.6. The van der Waals surface area contributed by atoms with E-state index in [1.165, 1.54) is 0 Å². The summed E-state index contributed by atoms with van der Waals surface area (Å²) < 4.78 is 0. The summed E-state index contributed by atoms with van der Waals surface area (Å²) in [7, 11) is 1.91. The van der Waals surface area contributed by atoms with Gasteiger partial charge in [-0.1, -0.05) is 69.3 Å². The third-order valence-corrected chi connectivity index (χ3v) is 6.28. The molecule has 0 aliphatic rings. The van der Waals surface area contributed by atoms with E-state index in [0.29, 0.717) is 17.6 Å². The molecule has 0 saturated carbocycles. The van der Waals surface area contributed by atoms with Gasteiger partial charge in [0.15, 0.2) is 5.82 Å². The standard InChI is InChI=1S/C30H35N7O2/c1-20(15-21-16-22(19-33-29(38)39)18-24(17-21)30(2,3)4)34-28-32-14-12-26(36-28)37(5)25-11-13-31-27(35-25)23-9-7-6-8-10-23/h6-14,16-18,20,33H,15,19H2,1-5H3,(H,38,39)(H,32,34,36). The summed E-state index contributed by atoms with van der Waals surface area (Å²) in [6.45, 7) is 8.80. The molecule has 4 aromatic rings. The van der Waals surface area contributed by atoms with Crippen molar-refractivity contribution in [2.24, 2.45) is 0 Å². The maximum absolute atomic E-state index is 11.0. The first kappa shape index (κ1) is 27.5. The quantitative estimate of drug-likeness (QED) is 0.251. The molecule has 0 saturated heterocycles. The van der Waals surface area contributed by atoms with Crippen LogP contribution in [0, 0.1) is 0 Å². The zero-order valence-electron chi connectivity index (χ0n) is 23.0. The third-order valence-electron chi connectivity index (χ3n) is 6.28. The van der Waals surface area contributed by atoms with E-state index in [9.17, 15) is 4.79 Å². The minimum atomic E-state index is -1.03. The summed E-state index contributed by atoms with van der Waals surface area (Å²) >= 11 is 0. The van der Waals surface area contributed by atoms with Crippen LogP contribution in [-0.4, -0.2) is 44.2 Å². The van der Waals surface area contributed by atoms with Crippen LogP contribution in [-0.2, 0) is 18.4 Å². The Hall–Kier alpha value is -4.53. The highest BCUT2D eigenvalue weighted by molar-refractivity contribution is 5.64. The Balaban J connectivity index is 1.49. The molecule has 0 bridgehead atoms. The van der Waals surface area contributed by atoms with Gasteiger partial charge < -0.3 is 20.6 Å². The van der Waals surface area contributed by atoms with Gasteiger partial charge in [-0.2, -0.15) is 4.98 Å². The fraction of sp³-hybridized carbons (Fsp3) is 0.300. The maximum Gasteiger partial charge on any atom is 0.404 e. The maximum atomic E-state index is 11.0. The molecule has 2 aromatic carbocycles. The number of amides is 1. The zero-order valence-corrected chi connectivity index (χ0v) is 23.0. The minimum Gasteiger partial charge on any atom is -0.465 e. The van der Waals surface area contributed by atoms with Gasteiger partial charge in [-0.3, -0.25) is 0 Å². The predicted octanol–water partition coefficient (Wildman–Crippen LogP) is 5.81. The van der Waals surface area contributed by atoms with E-state index >= 15 is 0 Å². The van der Waals surface area contributed by atoms with Crippen LogP contribution in [0.1, 0.15) is 44.4 Å². The van der Waals surface area contributed by atoms with Gasteiger partial charge >= 0.3 is 6.09 Å². The molecular formula is C30H35N7O2. The second-order valence-electron chi connectivity index (χ2n) is 10.6. The number of hydrogen-bond donors (Lipinski definition) is 3. The van der Waals surface area contributed by atoms with Crippen molar-refractivity contribution in [3.05, 3.63) is 89.7 Å². The number of aromatic nitrogens is 4. The van der Waals surface area contributed by atoms with E-state index in [0.717, 1.165) is 34.5 Å². The van der Waals surface area contributed by atoms with Crippen LogP contribution in [0.3, 0.4) is 0 Å². The van der Waals surface area contributed by atoms with Crippen LogP contribution < -0.4 is 15.5 Å². The van der Waals surface area contributed by atoms with Crippen molar-refractivity contribution >= 4 is 23.7 Å². The first-order chi connectivity index (χ1) is 18.6. The fourth-order valence-corrected chi connectivity index (χ4v) is 4.20. The van der Waals surface area contributed by atoms with Gasteiger partial charge in [-0.25, -0.2) is 19.7 Å². The number of carboxylic acid groups (broad SMARTS) is 1. The van der Waals surface area contributed by atoms with E-state index in [4.69, 9.17) is 15.1 Å². The van der Waals surface area contributed by atoms with E-state index in [-0.39, 0.29) is 18.0 Å². The third kappa shape index (κ3) is 7.50. The molecule has 39 heavy (non-hydrogen) atoms. The Kier molecular flexibility index (Phi) is 8.39. The topological polar surface area (TPSA) is 116 Å². The van der Waals surface area contributed by atoms with Gasteiger partial charge in [0.25, 0.3) is 0 Å². The molecule has 0 radical (unpaired) electrons. The molecule has 1 atom stereocenters. The first-order valence-corrected chi connectivity index (χ1v) is 12.9. The number of hydrogen-bond acceptors (Lipinski definition) is 7. The monoisotopic (exact) mass is 525 g/mol. The molecule has 202 valence electrons. The molecule has 9 heteroatoms. The highest BCUT2D eigenvalue weighted by Crippen LogP contribution is 2.26. The predicted molar refractivity (Wildman–Crippen MR) is 154 cm³/mol. The highest BCUT2D eigenvalue weighted by atomic mass is 16.4. The number of anilines is 3. The van der Waals surface area contributed by atoms with E-state index in [2.05, 4.69) is 60.4 Å². The normalized spacial score (nSPS) is 12.0. The van der Waals surface area contributed by atoms with Gasteiger partial charge in [0.1, 0.15) is 11.6 Å². The van der Waals surface area contributed by atoms with Crippen molar-refractivity contribution in [3.63, 3.8) is 0 Å². The smallest absolute Gasteiger partial charge is 0.404 e. The van der Waals surface area contributed by atoms with Gasteiger partial charge in [0, 0.05) is 37.6 Å². The minimum absolute atomic E-state index is 0.0322. The van der Waals surface area contributed by atoms with Crippen LogP contribution in [0.15, 0.2) is 73.1 Å². The van der Waals surface area contributed by atoms with Crippen LogP contribution in [0.25, 0.3) is 11.4 Å². The molecule has 0 aliphatic heterocycles. The SMILES string of the molecule is CC(Cc1cc(CNC(=O)O)cc(C(C)(C)C)c1)Nc1nccc(N(C)c2ccnc(-c3ccccc3)n2)n1. The Morgan fingerprint density at radius 3 is 2.31 bits per heavy atom. The molecule has 2 aromatic heterocycles. The summed E-state index contributed by atoms with van der Waals surface area (Å²) in [4.78, 5) is 31.2. The number of nitrogens with one attached hydrogen (secondary N) is 2. The summed E-state index contributed by atoms with van der Waals surface area (Å²) in [6, 6.07) is 19.9. The molecule has 1 amide bonds. The molecule has 1 unspecified atom stereocenters. The van der Waals surface area contributed by atoms with Crippen LogP contribution in [0.4, 0.5) is 22.4 Å². The fourth-order valence-electron chi connectivity index (χ4n) is 4.20. The molecule has 0 aliphatic carbocycles. The number of rotatable bonds is 9. The van der Waals surface area contributed by atoms with Crippen molar-refractivity contribution in [1.29, 1.82) is 0 Å². The molecular weight excluding hydrogens is 490 g/mol. The average Bonchev–Trinajstić information content (AvgIpc) is 2.91. The van der Waals surface area contributed by atoms with Crippen LogP contribution in [0.2, 0.25) is 0 Å². The van der Waals surface area contributed by atoms with Crippen LogP contribution in [0.5, 0.6) is 0 Å². The van der Waals surface area contributed by atoms with Crippen molar-refractivity contribution < 1.29 is 9.90 Å². The molecule has 4 rings (SSSR count). The molecule has 2 heterocycles. The molecule has 9 nitrogen and oxygen atoms in total. The van der Waals surface area contributed by atoms with E-state index in [1.807, 2.05) is 60.5 Å². The summed E-state index contributed by atoms with van der Waals surface area (Å²) in [5.74, 6) is 2.59. The lowest BCUT2D eigenvalue weighted by atomic mass is 9.84. The lowest BCUT2D eigenvalue weighted by Crippen LogP contribution is -2.23. The molecule has 0 fully saturated rings. The lowest BCUT2D eigenvalue weighted by Gasteiger charge is -2.23. The van der Waals surface area contributed by atoms with Crippen molar-refractivity contribution in [1.82, 2.24) is 25.3 Å². The van der Waals surface area contributed by atoms with Gasteiger partial charge in [-0.05, 0) is 47.6 Å².